The Bertz CT molecular complexity index is 560. The van der Waals surface area contributed by atoms with Crippen LogP contribution in [0.2, 0.25) is 0 Å². The SMILES string of the molecule is CC(C)(OCC(NC(=O)OCc1ccccc1)C(=O)O)C(F)(F)F. The van der Waals surface area contributed by atoms with Gasteiger partial charge in [0, 0.05) is 0 Å². The van der Waals surface area contributed by atoms with Gasteiger partial charge >= 0.3 is 18.2 Å². The minimum Gasteiger partial charge on any atom is -0.480 e. The number of rotatable bonds is 7. The molecule has 6 nitrogen and oxygen atoms in total. The van der Waals surface area contributed by atoms with Crippen LogP contribution in [0, 0.1) is 0 Å². The second kappa shape index (κ2) is 8.00. The summed E-state index contributed by atoms with van der Waals surface area (Å²) in [5.41, 5.74) is -1.87. The van der Waals surface area contributed by atoms with E-state index >= 15 is 0 Å². The van der Waals surface area contributed by atoms with Gasteiger partial charge < -0.3 is 19.9 Å². The van der Waals surface area contributed by atoms with Gasteiger partial charge in [-0.15, -0.1) is 0 Å². The molecule has 1 aromatic carbocycles. The molecule has 0 saturated carbocycles. The molecule has 2 N–H and O–H groups in total. The summed E-state index contributed by atoms with van der Waals surface area (Å²) in [6.07, 6.45) is -5.75. The van der Waals surface area contributed by atoms with Crippen molar-refractivity contribution < 1.29 is 37.3 Å². The van der Waals surface area contributed by atoms with Gasteiger partial charge in [0.1, 0.15) is 6.61 Å². The number of carbonyl (C=O) groups excluding carboxylic acids is 1. The molecule has 0 fully saturated rings. The Hall–Kier alpha value is -2.29. The van der Waals surface area contributed by atoms with Gasteiger partial charge in [0.25, 0.3) is 0 Å². The first-order valence-electron chi connectivity index (χ1n) is 6.93. The van der Waals surface area contributed by atoms with Crippen LogP contribution in [0.4, 0.5) is 18.0 Å². The van der Waals surface area contributed by atoms with Crippen LogP contribution < -0.4 is 5.32 Å². The molecule has 0 aliphatic rings. The summed E-state index contributed by atoms with van der Waals surface area (Å²) in [5.74, 6) is -1.54. The van der Waals surface area contributed by atoms with E-state index in [4.69, 9.17) is 9.84 Å². The number of carbonyl (C=O) groups is 2. The molecule has 0 aliphatic heterocycles. The third-order valence-electron chi connectivity index (χ3n) is 3.10. The fourth-order valence-corrected chi connectivity index (χ4v) is 1.46. The molecule has 0 radical (unpaired) electrons. The van der Waals surface area contributed by atoms with Crippen LogP contribution >= 0.6 is 0 Å². The molecule has 0 spiro atoms. The third-order valence-corrected chi connectivity index (χ3v) is 3.10. The number of nitrogens with one attached hydrogen (secondary N) is 1. The van der Waals surface area contributed by atoms with E-state index in [2.05, 4.69) is 4.74 Å². The van der Waals surface area contributed by atoms with E-state index in [0.717, 1.165) is 13.8 Å². The van der Waals surface area contributed by atoms with Gasteiger partial charge in [-0.05, 0) is 19.4 Å². The molecule has 0 saturated heterocycles. The second-order valence-corrected chi connectivity index (χ2v) is 5.42. The topological polar surface area (TPSA) is 84.9 Å². The quantitative estimate of drug-likeness (QED) is 0.791. The Kier molecular flexibility index (Phi) is 6.59. The van der Waals surface area contributed by atoms with E-state index < -0.39 is 36.5 Å². The first-order chi connectivity index (χ1) is 11.0. The van der Waals surface area contributed by atoms with Crippen molar-refractivity contribution in [2.75, 3.05) is 6.61 Å². The third kappa shape index (κ3) is 6.07. The molecule has 1 unspecified atom stereocenters. The van der Waals surface area contributed by atoms with Gasteiger partial charge in [0.2, 0.25) is 0 Å². The largest absolute Gasteiger partial charge is 0.480 e. The van der Waals surface area contributed by atoms with Crippen LogP contribution in [-0.4, -0.2) is 41.6 Å². The lowest BCUT2D eigenvalue weighted by molar-refractivity contribution is -0.264. The zero-order chi connectivity index (χ0) is 18.4. The number of carboxylic acid groups (broad SMARTS) is 1. The molecule has 24 heavy (non-hydrogen) atoms. The van der Waals surface area contributed by atoms with Crippen molar-refractivity contribution in [3.05, 3.63) is 35.9 Å². The number of hydrogen-bond acceptors (Lipinski definition) is 4. The molecule has 0 aromatic heterocycles. The first kappa shape index (κ1) is 19.8. The number of carboxylic acids is 1. The fraction of sp³-hybridized carbons (Fsp3) is 0.467. The lowest BCUT2D eigenvalue weighted by Crippen LogP contribution is -2.49. The Morgan fingerprint density at radius 3 is 2.29 bits per heavy atom. The highest BCUT2D eigenvalue weighted by Crippen LogP contribution is 2.32. The highest BCUT2D eigenvalue weighted by atomic mass is 19.4. The molecular weight excluding hydrogens is 331 g/mol. The summed E-state index contributed by atoms with van der Waals surface area (Å²) < 4.78 is 47.4. The predicted molar refractivity (Wildman–Crippen MR) is 77.3 cm³/mol. The highest BCUT2D eigenvalue weighted by Gasteiger charge is 2.49. The van der Waals surface area contributed by atoms with Crippen molar-refractivity contribution in [1.29, 1.82) is 0 Å². The second-order valence-electron chi connectivity index (χ2n) is 5.42. The maximum atomic E-state index is 12.7. The number of amides is 1. The van der Waals surface area contributed by atoms with Gasteiger partial charge in [-0.2, -0.15) is 13.2 Å². The van der Waals surface area contributed by atoms with Crippen LogP contribution in [-0.2, 0) is 20.9 Å². The standard InChI is InChI=1S/C15H18F3NO5/c1-14(2,15(16,17)18)24-9-11(12(20)21)19-13(22)23-8-10-6-4-3-5-7-10/h3-7,11H,8-9H2,1-2H3,(H,19,22)(H,20,21). The van der Waals surface area contributed by atoms with Crippen LogP contribution in [0.15, 0.2) is 30.3 Å². The van der Waals surface area contributed by atoms with Crippen molar-refractivity contribution >= 4 is 12.1 Å². The summed E-state index contributed by atoms with van der Waals surface area (Å²) in [7, 11) is 0. The molecular formula is C15H18F3NO5. The number of benzene rings is 1. The normalized spacial score (nSPS) is 13.2. The Morgan fingerprint density at radius 1 is 1.21 bits per heavy atom. The number of aliphatic carboxylic acids is 1. The Balaban J connectivity index is 2.54. The Labute approximate surface area is 136 Å². The van der Waals surface area contributed by atoms with E-state index in [1.54, 1.807) is 30.3 Å². The van der Waals surface area contributed by atoms with E-state index in [-0.39, 0.29) is 6.61 Å². The minimum atomic E-state index is -4.68. The van der Waals surface area contributed by atoms with E-state index in [1.807, 2.05) is 5.32 Å². The highest BCUT2D eigenvalue weighted by molar-refractivity contribution is 5.80. The monoisotopic (exact) mass is 349 g/mol. The van der Waals surface area contributed by atoms with E-state index in [0.29, 0.717) is 5.56 Å². The Morgan fingerprint density at radius 2 is 1.79 bits per heavy atom. The molecule has 1 amide bonds. The summed E-state index contributed by atoms with van der Waals surface area (Å²) in [4.78, 5) is 22.6. The van der Waals surface area contributed by atoms with Gasteiger partial charge in [-0.25, -0.2) is 9.59 Å². The number of ether oxygens (including phenoxy) is 2. The number of halogens is 3. The van der Waals surface area contributed by atoms with Gasteiger partial charge in [-0.3, -0.25) is 0 Å². The smallest absolute Gasteiger partial charge is 0.416 e. The molecule has 0 bridgehead atoms. The maximum Gasteiger partial charge on any atom is 0.416 e. The molecule has 9 heteroatoms. The van der Waals surface area contributed by atoms with Gasteiger partial charge in [0.15, 0.2) is 11.6 Å². The number of hydrogen-bond donors (Lipinski definition) is 2. The lowest BCUT2D eigenvalue weighted by Gasteiger charge is -2.29. The fourth-order valence-electron chi connectivity index (χ4n) is 1.46. The van der Waals surface area contributed by atoms with E-state index in [9.17, 15) is 22.8 Å². The van der Waals surface area contributed by atoms with Crippen LogP contribution in [0.5, 0.6) is 0 Å². The average molecular weight is 349 g/mol. The van der Waals surface area contributed by atoms with E-state index in [1.165, 1.54) is 0 Å². The van der Waals surface area contributed by atoms with Crippen LogP contribution in [0.1, 0.15) is 19.4 Å². The van der Waals surface area contributed by atoms with Gasteiger partial charge in [-0.1, -0.05) is 30.3 Å². The van der Waals surface area contributed by atoms with Crippen LogP contribution in [0.25, 0.3) is 0 Å². The van der Waals surface area contributed by atoms with Crippen molar-refractivity contribution in [3.63, 3.8) is 0 Å². The molecule has 1 rings (SSSR count). The number of alkyl carbamates (subject to hydrolysis) is 1. The average Bonchev–Trinajstić information content (AvgIpc) is 2.49. The van der Waals surface area contributed by atoms with Crippen molar-refractivity contribution in [1.82, 2.24) is 5.32 Å². The van der Waals surface area contributed by atoms with Crippen molar-refractivity contribution in [3.8, 4) is 0 Å². The number of alkyl halides is 3. The van der Waals surface area contributed by atoms with Gasteiger partial charge in [0.05, 0.1) is 6.61 Å². The van der Waals surface area contributed by atoms with Crippen molar-refractivity contribution in [2.45, 2.75) is 38.3 Å². The molecule has 134 valence electrons. The minimum absolute atomic E-state index is 0.103. The zero-order valence-electron chi connectivity index (χ0n) is 13.1. The molecule has 0 aliphatic carbocycles. The molecule has 1 aromatic rings. The van der Waals surface area contributed by atoms with Crippen molar-refractivity contribution in [2.24, 2.45) is 0 Å². The predicted octanol–water partition coefficient (Wildman–Crippen LogP) is 2.72. The summed E-state index contributed by atoms with van der Waals surface area (Å²) in [6, 6.07) is 6.93. The lowest BCUT2D eigenvalue weighted by atomic mass is 10.1. The first-order valence-corrected chi connectivity index (χ1v) is 6.93. The molecule has 0 heterocycles. The summed E-state index contributed by atoms with van der Waals surface area (Å²) >= 11 is 0. The molecule has 1 atom stereocenters. The summed E-state index contributed by atoms with van der Waals surface area (Å²) in [6.45, 7) is 0.565. The van der Waals surface area contributed by atoms with Crippen LogP contribution in [0.3, 0.4) is 0 Å². The maximum absolute atomic E-state index is 12.7. The zero-order valence-corrected chi connectivity index (χ0v) is 13.1. The summed E-state index contributed by atoms with van der Waals surface area (Å²) in [5, 5.41) is 10.9.